The number of halogens is 2. The highest BCUT2D eigenvalue weighted by Gasteiger charge is 2.12. The molecule has 20 heavy (non-hydrogen) atoms. The summed E-state index contributed by atoms with van der Waals surface area (Å²) in [7, 11) is 0. The van der Waals surface area contributed by atoms with Crippen molar-refractivity contribution in [3.63, 3.8) is 0 Å². The van der Waals surface area contributed by atoms with Gasteiger partial charge in [-0.3, -0.25) is 4.57 Å². The Kier molecular flexibility index (Phi) is 4.39. The standard InChI is InChI=1S/C13H12F2N2O2S/c1-8-2-3-9(6-10(8)12(18)19)20-7-11-16-4-5-17(11)13(14)15/h2-6,13H,7H2,1H3,(H,18,19). The molecule has 0 fully saturated rings. The number of carboxylic acid groups (broad SMARTS) is 1. The van der Waals surface area contributed by atoms with Crippen LogP contribution in [-0.4, -0.2) is 20.6 Å². The van der Waals surface area contributed by atoms with E-state index in [4.69, 9.17) is 5.11 Å². The molecule has 106 valence electrons. The molecule has 0 aliphatic heterocycles. The molecular formula is C13H12F2N2O2S. The zero-order chi connectivity index (χ0) is 14.7. The third kappa shape index (κ3) is 3.16. The van der Waals surface area contributed by atoms with Gasteiger partial charge in [0.25, 0.3) is 0 Å². The first-order valence-corrected chi connectivity index (χ1v) is 6.74. The topological polar surface area (TPSA) is 55.1 Å². The molecule has 7 heteroatoms. The van der Waals surface area contributed by atoms with Crippen molar-refractivity contribution in [2.75, 3.05) is 0 Å². The van der Waals surface area contributed by atoms with E-state index in [-0.39, 0.29) is 17.1 Å². The molecular weight excluding hydrogens is 286 g/mol. The molecule has 0 aliphatic rings. The van der Waals surface area contributed by atoms with Gasteiger partial charge in [0.15, 0.2) is 0 Å². The summed E-state index contributed by atoms with van der Waals surface area (Å²) < 4.78 is 26.1. The van der Waals surface area contributed by atoms with E-state index < -0.39 is 12.5 Å². The molecule has 2 aromatic rings. The maximum Gasteiger partial charge on any atom is 0.335 e. The Labute approximate surface area is 118 Å². The van der Waals surface area contributed by atoms with Gasteiger partial charge in [-0.15, -0.1) is 11.8 Å². The van der Waals surface area contributed by atoms with E-state index >= 15 is 0 Å². The molecule has 1 heterocycles. The van der Waals surface area contributed by atoms with Gasteiger partial charge in [-0.05, 0) is 24.6 Å². The van der Waals surface area contributed by atoms with E-state index in [1.807, 2.05) is 0 Å². The summed E-state index contributed by atoms with van der Waals surface area (Å²) in [5, 5.41) is 9.03. The lowest BCUT2D eigenvalue weighted by Crippen LogP contribution is -2.02. The third-order valence-corrected chi connectivity index (χ3v) is 3.76. The molecule has 0 saturated heterocycles. The minimum absolute atomic E-state index is 0.215. The van der Waals surface area contributed by atoms with Crippen molar-refractivity contribution in [1.29, 1.82) is 0 Å². The first-order valence-electron chi connectivity index (χ1n) is 5.75. The minimum atomic E-state index is -2.62. The molecule has 0 spiro atoms. The zero-order valence-electron chi connectivity index (χ0n) is 10.6. The number of carbonyl (C=O) groups is 1. The Morgan fingerprint density at radius 2 is 2.25 bits per heavy atom. The molecule has 1 aromatic heterocycles. The van der Waals surface area contributed by atoms with Crippen LogP contribution in [0.5, 0.6) is 0 Å². The van der Waals surface area contributed by atoms with Gasteiger partial charge in [-0.25, -0.2) is 9.78 Å². The number of aryl methyl sites for hydroxylation is 1. The van der Waals surface area contributed by atoms with E-state index in [0.717, 1.165) is 4.57 Å². The van der Waals surface area contributed by atoms with E-state index in [1.165, 1.54) is 30.2 Å². The second-order valence-corrected chi connectivity index (χ2v) is 5.15. The van der Waals surface area contributed by atoms with Crippen molar-refractivity contribution in [2.24, 2.45) is 0 Å². The number of nitrogens with zero attached hydrogens (tertiary/aromatic N) is 2. The number of benzene rings is 1. The van der Waals surface area contributed by atoms with Crippen LogP contribution in [0.1, 0.15) is 28.3 Å². The molecule has 1 N–H and O–H groups in total. The molecule has 2 rings (SSSR count). The molecule has 1 aromatic carbocycles. The van der Waals surface area contributed by atoms with Crippen molar-refractivity contribution < 1.29 is 18.7 Å². The van der Waals surface area contributed by atoms with Crippen molar-refractivity contribution in [3.05, 3.63) is 47.5 Å². The van der Waals surface area contributed by atoms with Gasteiger partial charge in [-0.2, -0.15) is 8.78 Å². The van der Waals surface area contributed by atoms with Gasteiger partial charge in [0.1, 0.15) is 5.82 Å². The Balaban J connectivity index is 2.13. The van der Waals surface area contributed by atoms with Gasteiger partial charge >= 0.3 is 12.5 Å². The molecule has 0 amide bonds. The maximum atomic E-state index is 12.6. The van der Waals surface area contributed by atoms with E-state index in [9.17, 15) is 13.6 Å². The maximum absolute atomic E-state index is 12.6. The average molecular weight is 298 g/mol. The van der Waals surface area contributed by atoms with Gasteiger partial charge in [0.05, 0.1) is 11.3 Å². The zero-order valence-corrected chi connectivity index (χ0v) is 11.4. The van der Waals surface area contributed by atoms with Gasteiger partial charge < -0.3 is 5.11 Å². The highest BCUT2D eigenvalue weighted by Crippen LogP contribution is 2.26. The molecule has 0 radical (unpaired) electrons. The number of hydrogen-bond donors (Lipinski definition) is 1. The highest BCUT2D eigenvalue weighted by molar-refractivity contribution is 7.98. The number of imidazole rings is 1. The lowest BCUT2D eigenvalue weighted by Gasteiger charge is -2.07. The Morgan fingerprint density at radius 3 is 2.90 bits per heavy atom. The van der Waals surface area contributed by atoms with Crippen molar-refractivity contribution in [1.82, 2.24) is 9.55 Å². The van der Waals surface area contributed by atoms with Crippen LogP contribution in [0.3, 0.4) is 0 Å². The average Bonchev–Trinajstić information content (AvgIpc) is 2.86. The van der Waals surface area contributed by atoms with Crippen LogP contribution >= 0.6 is 11.8 Å². The number of carboxylic acids is 1. The highest BCUT2D eigenvalue weighted by atomic mass is 32.2. The predicted octanol–water partition coefficient (Wildman–Crippen LogP) is 3.58. The summed E-state index contributed by atoms with van der Waals surface area (Å²) in [6.07, 6.45) is 2.54. The molecule has 0 saturated carbocycles. The van der Waals surface area contributed by atoms with Crippen molar-refractivity contribution in [2.45, 2.75) is 24.1 Å². The fourth-order valence-corrected chi connectivity index (χ4v) is 2.59. The lowest BCUT2D eigenvalue weighted by molar-refractivity contribution is 0.0675. The molecule has 0 bridgehead atoms. The number of alkyl halides is 2. The van der Waals surface area contributed by atoms with Crippen molar-refractivity contribution in [3.8, 4) is 0 Å². The quantitative estimate of drug-likeness (QED) is 0.857. The predicted molar refractivity (Wildman–Crippen MR) is 71.2 cm³/mol. The minimum Gasteiger partial charge on any atom is -0.478 e. The summed E-state index contributed by atoms with van der Waals surface area (Å²) in [5.41, 5.74) is 0.878. The normalized spacial score (nSPS) is 11.0. The van der Waals surface area contributed by atoms with Crippen LogP contribution in [0.15, 0.2) is 35.5 Å². The monoisotopic (exact) mass is 298 g/mol. The van der Waals surface area contributed by atoms with Crippen molar-refractivity contribution >= 4 is 17.7 Å². The molecule has 0 atom stereocenters. The number of hydrogen-bond acceptors (Lipinski definition) is 3. The summed E-state index contributed by atoms with van der Waals surface area (Å²) in [4.78, 5) is 15.6. The SMILES string of the molecule is Cc1ccc(SCc2nccn2C(F)F)cc1C(=O)O. The first-order chi connectivity index (χ1) is 9.49. The van der Waals surface area contributed by atoms with Crippen LogP contribution < -0.4 is 0 Å². The number of rotatable bonds is 5. The van der Waals surface area contributed by atoms with Crippen LogP contribution in [-0.2, 0) is 5.75 Å². The van der Waals surface area contributed by atoms with E-state index in [2.05, 4.69) is 4.98 Å². The molecule has 0 aliphatic carbocycles. The smallest absolute Gasteiger partial charge is 0.335 e. The third-order valence-electron chi connectivity index (χ3n) is 2.77. The molecule has 0 unspecified atom stereocenters. The Bertz CT molecular complexity index is 629. The van der Waals surface area contributed by atoms with Crippen LogP contribution in [0.2, 0.25) is 0 Å². The number of aromatic nitrogens is 2. The second-order valence-electron chi connectivity index (χ2n) is 4.10. The Morgan fingerprint density at radius 1 is 1.50 bits per heavy atom. The Hall–Kier alpha value is -1.89. The summed E-state index contributed by atoms with van der Waals surface area (Å²) in [6, 6.07) is 5.01. The van der Waals surface area contributed by atoms with Gasteiger partial charge in [0.2, 0.25) is 0 Å². The lowest BCUT2D eigenvalue weighted by atomic mass is 10.1. The largest absolute Gasteiger partial charge is 0.478 e. The summed E-state index contributed by atoms with van der Waals surface area (Å²) in [6.45, 7) is -0.915. The van der Waals surface area contributed by atoms with Crippen LogP contribution in [0, 0.1) is 6.92 Å². The fraction of sp³-hybridized carbons (Fsp3) is 0.231. The summed E-state index contributed by atoms with van der Waals surface area (Å²) in [5.74, 6) is -0.499. The second kappa shape index (κ2) is 6.04. The van der Waals surface area contributed by atoms with E-state index in [0.29, 0.717) is 10.5 Å². The molecule has 4 nitrogen and oxygen atoms in total. The first kappa shape index (κ1) is 14.5. The fourth-order valence-electron chi connectivity index (χ4n) is 1.70. The van der Waals surface area contributed by atoms with Gasteiger partial charge in [-0.1, -0.05) is 6.07 Å². The van der Waals surface area contributed by atoms with Gasteiger partial charge in [0, 0.05) is 17.3 Å². The van der Waals surface area contributed by atoms with Crippen LogP contribution in [0.25, 0.3) is 0 Å². The number of aromatic carboxylic acids is 1. The summed E-state index contributed by atoms with van der Waals surface area (Å²) >= 11 is 1.27. The van der Waals surface area contributed by atoms with E-state index in [1.54, 1.807) is 19.1 Å². The van der Waals surface area contributed by atoms with Crippen LogP contribution in [0.4, 0.5) is 8.78 Å². The number of thioether (sulfide) groups is 1.